The van der Waals surface area contributed by atoms with Crippen molar-refractivity contribution in [1.82, 2.24) is 0 Å². The fraction of sp³-hybridized carbons (Fsp3) is 1.00. The van der Waals surface area contributed by atoms with E-state index in [1.807, 2.05) is 0 Å². The van der Waals surface area contributed by atoms with Crippen molar-refractivity contribution in [2.45, 2.75) is 64.4 Å². The molecule has 0 amide bonds. The van der Waals surface area contributed by atoms with E-state index in [9.17, 15) is 0 Å². The van der Waals surface area contributed by atoms with Gasteiger partial charge in [0.25, 0.3) is 0 Å². The van der Waals surface area contributed by atoms with E-state index in [0.717, 1.165) is 13.0 Å². The van der Waals surface area contributed by atoms with E-state index < -0.39 is 6.10 Å². The van der Waals surface area contributed by atoms with Crippen LogP contribution < -0.4 is 0 Å². The van der Waals surface area contributed by atoms with Gasteiger partial charge in [0.15, 0.2) is 0 Å². The Labute approximate surface area is 136 Å². The molecule has 1 unspecified atom stereocenters. The minimum Gasteiger partial charge on any atom is -0.394 e. The molecule has 0 aliphatic carbocycles. The van der Waals surface area contributed by atoms with Crippen LogP contribution in [0.3, 0.4) is 0 Å². The molecule has 0 heterocycles. The summed E-state index contributed by atoms with van der Waals surface area (Å²) in [6, 6.07) is 0. The fourth-order valence-electron chi connectivity index (χ4n) is 2.05. The van der Waals surface area contributed by atoms with E-state index in [2.05, 4.69) is 6.92 Å². The van der Waals surface area contributed by atoms with Crippen LogP contribution in [0.25, 0.3) is 0 Å². The Kier molecular flexibility index (Phi) is 18.7. The van der Waals surface area contributed by atoms with Gasteiger partial charge in [-0.1, -0.05) is 51.9 Å². The number of aliphatic hydroxyl groups is 2. The predicted molar refractivity (Wildman–Crippen MR) is 88.2 cm³/mol. The number of aliphatic hydroxyl groups excluding tert-OH is 2. The molecule has 0 bridgehead atoms. The van der Waals surface area contributed by atoms with Gasteiger partial charge in [-0.15, -0.1) is 0 Å². The molecule has 1 atom stereocenters. The number of unbranched alkanes of at least 4 members (excludes halogenated alkanes) is 7. The van der Waals surface area contributed by atoms with E-state index >= 15 is 0 Å². The average molecular weight is 320 g/mol. The SMILES string of the molecule is CCCCCCCCCCOCCOCCOCC(O)CO. The molecule has 0 aliphatic heterocycles. The minimum absolute atomic E-state index is 0.148. The third kappa shape index (κ3) is 17.9. The van der Waals surface area contributed by atoms with Crippen molar-refractivity contribution >= 4 is 0 Å². The van der Waals surface area contributed by atoms with Gasteiger partial charge in [0.05, 0.1) is 39.6 Å². The molecule has 0 aromatic carbocycles. The molecular formula is C17H36O5. The highest BCUT2D eigenvalue weighted by Crippen LogP contribution is 2.08. The summed E-state index contributed by atoms with van der Waals surface area (Å²) in [4.78, 5) is 0. The van der Waals surface area contributed by atoms with E-state index in [-0.39, 0.29) is 13.2 Å². The molecule has 2 N–H and O–H groups in total. The summed E-state index contributed by atoms with van der Waals surface area (Å²) in [6.07, 6.45) is 9.71. The standard InChI is InChI=1S/C17H36O5/c1-2-3-4-5-6-7-8-9-10-20-11-12-21-13-14-22-16-17(19)15-18/h17-19H,2-16H2,1H3. The second-order valence-corrected chi connectivity index (χ2v) is 5.61. The fourth-order valence-corrected chi connectivity index (χ4v) is 2.05. The van der Waals surface area contributed by atoms with Crippen LogP contribution in [-0.2, 0) is 14.2 Å². The summed E-state index contributed by atoms with van der Waals surface area (Å²) < 4.78 is 16.0. The molecule has 0 fully saturated rings. The molecular weight excluding hydrogens is 284 g/mol. The maximum atomic E-state index is 9.04. The second-order valence-electron chi connectivity index (χ2n) is 5.61. The zero-order valence-corrected chi connectivity index (χ0v) is 14.3. The first-order valence-electron chi connectivity index (χ1n) is 8.83. The van der Waals surface area contributed by atoms with E-state index in [4.69, 9.17) is 24.4 Å². The average Bonchev–Trinajstić information content (AvgIpc) is 2.54. The molecule has 0 radical (unpaired) electrons. The molecule has 0 rings (SSSR count). The maximum Gasteiger partial charge on any atom is 0.100 e. The summed E-state index contributed by atoms with van der Waals surface area (Å²) in [5.74, 6) is 0. The Hall–Kier alpha value is -0.200. The Morgan fingerprint density at radius 2 is 1.18 bits per heavy atom. The van der Waals surface area contributed by atoms with Crippen LogP contribution >= 0.6 is 0 Å². The van der Waals surface area contributed by atoms with Gasteiger partial charge < -0.3 is 24.4 Å². The highest BCUT2D eigenvalue weighted by molar-refractivity contribution is 4.48. The van der Waals surface area contributed by atoms with Gasteiger partial charge in [0.2, 0.25) is 0 Å². The summed E-state index contributed by atoms with van der Waals surface area (Å²) >= 11 is 0. The lowest BCUT2D eigenvalue weighted by Crippen LogP contribution is -2.21. The lowest BCUT2D eigenvalue weighted by atomic mass is 10.1. The van der Waals surface area contributed by atoms with Crippen molar-refractivity contribution in [3.05, 3.63) is 0 Å². The Bertz CT molecular complexity index is 201. The Morgan fingerprint density at radius 3 is 1.77 bits per heavy atom. The van der Waals surface area contributed by atoms with E-state index in [1.165, 1.54) is 44.9 Å². The Balaban J connectivity index is 2.97. The molecule has 5 nitrogen and oxygen atoms in total. The second kappa shape index (κ2) is 18.8. The van der Waals surface area contributed by atoms with Gasteiger partial charge in [-0.25, -0.2) is 0 Å². The lowest BCUT2D eigenvalue weighted by Gasteiger charge is -2.09. The molecule has 0 aliphatic rings. The maximum absolute atomic E-state index is 9.04. The molecule has 0 aromatic rings. The number of rotatable bonds is 18. The molecule has 0 saturated carbocycles. The van der Waals surface area contributed by atoms with Crippen LogP contribution in [0.15, 0.2) is 0 Å². The van der Waals surface area contributed by atoms with Crippen LogP contribution in [-0.4, -0.2) is 62.6 Å². The van der Waals surface area contributed by atoms with E-state index in [0.29, 0.717) is 26.4 Å². The van der Waals surface area contributed by atoms with Crippen LogP contribution in [0.1, 0.15) is 58.3 Å². The van der Waals surface area contributed by atoms with Gasteiger partial charge in [-0.3, -0.25) is 0 Å². The van der Waals surface area contributed by atoms with Crippen molar-refractivity contribution < 1.29 is 24.4 Å². The predicted octanol–water partition coefficient (Wildman–Crippen LogP) is 2.53. The first kappa shape index (κ1) is 21.8. The Morgan fingerprint density at radius 1 is 0.682 bits per heavy atom. The monoisotopic (exact) mass is 320 g/mol. The van der Waals surface area contributed by atoms with Crippen LogP contribution in [0.2, 0.25) is 0 Å². The third-order valence-corrected chi connectivity index (χ3v) is 3.41. The van der Waals surface area contributed by atoms with Crippen LogP contribution in [0, 0.1) is 0 Å². The first-order chi connectivity index (χ1) is 10.8. The topological polar surface area (TPSA) is 68.2 Å². The summed E-state index contributed by atoms with van der Waals surface area (Å²) in [7, 11) is 0. The summed E-state index contributed by atoms with van der Waals surface area (Å²) in [5.41, 5.74) is 0. The molecule has 5 heteroatoms. The van der Waals surface area contributed by atoms with Gasteiger partial charge in [-0.2, -0.15) is 0 Å². The molecule has 134 valence electrons. The van der Waals surface area contributed by atoms with Gasteiger partial charge in [0.1, 0.15) is 6.10 Å². The lowest BCUT2D eigenvalue weighted by molar-refractivity contribution is -0.0229. The first-order valence-corrected chi connectivity index (χ1v) is 8.83. The molecule has 0 spiro atoms. The van der Waals surface area contributed by atoms with E-state index in [1.54, 1.807) is 0 Å². The largest absolute Gasteiger partial charge is 0.394 e. The smallest absolute Gasteiger partial charge is 0.100 e. The van der Waals surface area contributed by atoms with Crippen molar-refractivity contribution in [3.8, 4) is 0 Å². The number of ether oxygens (including phenoxy) is 3. The van der Waals surface area contributed by atoms with Gasteiger partial charge in [-0.05, 0) is 6.42 Å². The summed E-state index contributed by atoms with van der Waals surface area (Å²) in [6.45, 7) is 5.04. The van der Waals surface area contributed by atoms with Crippen molar-refractivity contribution in [2.24, 2.45) is 0 Å². The van der Waals surface area contributed by atoms with Gasteiger partial charge >= 0.3 is 0 Å². The van der Waals surface area contributed by atoms with Gasteiger partial charge in [0, 0.05) is 6.61 Å². The van der Waals surface area contributed by atoms with Crippen molar-refractivity contribution in [2.75, 3.05) is 46.2 Å². The highest BCUT2D eigenvalue weighted by atomic mass is 16.5. The summed E-state index contributed by atoms with van der Waals surface area (Å²) in [5, 5.41) is 17.6. The molecule has 0 aromatic heterocycles. The zero-order chi connectivity index (χ0) is 16.3. The highest BCUT2D eigenvalue weighted by Gasteiger charge is 2.00. The normalized spacial score (nSPS) is 12.7. The van der Waals surface area contributed by atoms with Crippen LogP contribution in [0.4, 0.5) is 0 Å². The number of hydrogen-bond acceptors (Lipinski definition) is 5. The van der Waals surface area contributed by atoms with Crippen molar-refractivity contribution in [1.29, 1.82) is 0 Å². The minimum atomic E-state index is -0.796. The van der Waals surface area contributed by atoms with Crippen molar-refractivity contribution in [3.63, 3.8) is 0 Å². The molecule has 0 saturated heterocycles. The zero-order valence-electron chi connectivity index (χ0n) is 14.3. The van der Waals surface area contributed by atoms with Crippen LogP contribution in [0.5, 0.6) is 0 Å². The molecule has 22 heavy (non-hydrogen) atoms. The number of hydrogen-bond donors (Lipinski definition) is 2. The third-order valence-electron chi connectivity index (χ3n) is 3.41. The quantitative estimate of drug-likeness (QED) is 0.380.